The summed E-state index contributed by atoms with van der Waals surface area (Å²) in [5, 5.41) is 0. The van der Waals surface area contributed by atoms with Gasteiger partial charge in [0.1, 0.15) is 0 Å². The molecule has 0 N–H and O–H groups in total. The molecule has 0 fully saturated rings. The number of esters is 1. The number of ketones is 1. The van der Waals surface area contributed by atoms with E-state index in [-0.39, 0.29) is 17.7 Å². The van der Waals surface area contributed by atoms with Gasteiger partial charge in [-0.2, -0.15) is 0 Å². The van der Waals surface area contributed by atoms with Crippen LogP contribution in [0.2, 0.25) is 0 Å². The van der Waals surface area contributed by atoms with E-state index < -0.39 is 0 Å². The van der Waals surface area contributed by atoms with Crippen LogP contribution in [0.4, 0.5) is 0 Å². The highest BCUT2D eigenvalue weighted by molar-refractivity contribution is 6.00. The fraction of sp³-hybridized carbons (Fsp3) is 0.250. The van der Waals surface area contributed by atoms with Gasteiger partial charge in [-0.25, -0.2) is 4.79 Å². The maximum Gasteiger partial charge on any atom is 0.337 e. The Morgan fingerprint density at radius 1 is 1.26 bits per heavy atom. The Kier molecular flexibility index (Phi) is 4.29. The van der Waals surface area contributed by atoms with E-state index in [1.54, 1.807) is 37.3 Å². The summed E-state index contributed by atoms with van der Waals surface area (Å²) < 4.78 is 4.92. The highest BCUT2D eigenvalue weighted by Crippen LogP contribution is 2.21. The third-order valence-electron chi connectivity index (χ3n) is 3.01. The van der Waals surface area contributed by atoms with Gasteiger partial charge in [-0.1, -0.05) is 48.6 Å². The van der Waals surface area contributed by atoms with E-state index in [4.69, 9.17) is 4.74 Å². The van der Waals surface area contributed by atoms with Gasteiger partial charge in [-0.3, -0.25) is 4.79 Å². The molecule has 0 heterocycles. The molecule has 1 atom stereocenters. The zero-order chi connectivity index (χ0) is 13.7. The van der Waals surface area contributed by atoms with E-state index in [0.29, 0.717) is 24.2 Å². The molecule has 3 nitrogen and oxygen atoms in total. The Labute approximate surface area is 112 Å². The molecule has 1 unspecified atom stereocenters. The Balaban J connectivity index is 2.03. The van der Waals surface area contributed by atoms with Crippen molar-refractivity contribution in [1.82, 2.24) is 0 Å². The van der Waals surface area contributed by atoms with Crippen LogP contribution in [0.3, 0.4) is 0 Å². The van der Waals surface area contributed by atoms with E-state index in [0.717, 1.165) is 0 Å². The van der Waals surface area contributed by atoms with Gasteiger partial charge in [0.2, 0.25) is 0 Å². The van der Waals surface area contributed by atoms with Crippen molar-refractivity contribution < 1.29 is 14.3 Å². The van der Waals surface area contributed by atoms with E-state index in [9.17, 15) is 9.59 Å². The molecule has 2 rings (SSSR count). The molecule has 0 saturated heterocycles. The summed E-state index contributed by atoms with van der Waals surface area (Å²) in [6, 6.07) is 9.19. The number of rotatable bonds is 4. The Bertz CT molecular complexity index is 526. The molecule has 0 radical (unpaired) electrons. The first-order valence-electron chi connectivity index (χ1n) is 6.37. The summed E-state index contributed by atoms with van der Waals surface area (Å²) in [5.74, 6) is -0.444. The summed E-state index contributed by atoms with van der Waals surface area (Å²) in [6.45, 7) is 2.13. The summed E-state index contributed by atoms with van der Waals surface area (Å²) in [6.07, 6.45) is 5.76. The van der Waals surface area contributed by atoms with Gasteiger partial charge < -0.3 is 4.74 Å². The second-order valence-corrected chi connectivity index (χ2v) is 4.31. The Morgan fingerprint density at radius 3 is 2.58 bits per heavy atom. The molecule has 3 heteroatoms. The van der Waals surface area contributed by atoms with Gasteiger partial charge >= 0.3 is 5.97 Å². The molecule has 98 valence electrons. The molecule has 1 aliphatic carbocycles. The van der Waals surface area contributed by atoms with Gasteiger partial charge in [-0.15, -0.1) is 0 Å². The van der Waals surface area contributed by atoms with Gasteiger partial charge in [0.05, 0.1) is 12.2 Å². The standard InChI is InChI=1S/C16H16O3/c1-2-19-16(18)14-10-8-13(9-11-14)15(17)12-6-4-3-5-7-12/h3-8,10-11,13H,2,9H2,1H3. The third-order valence-corrected chi connectivity index (χ3v) is 3.01. The van der Waals surface area contributed by atoms with Crippen LogP contribution in [-0.4, -0.2) is 18.4 Å². The molecule has 1 aromatic carbocycles. The highest BCUT2D eigenvalue weighted by atomic mass is 16.5. The molecule has 0 saturated carbocycles. The van der Waals surface area contributed by atoms with Crippen LogP contribution >= 0.6 is 0 Å². The quantitative estimate of drug-likeness (QED) is 0.614. The van der Waals surface area contributed by atoms with Gasteiger partial charge in [0.15, 0.2) is 5.78 Å². The SMILES string of the molecule is CCOC(=O)C1=CCC(C(=O)c2ccccc2)C=C1. The number of carbonyl (C=O) groups is 2. The summed E-state index contributed by atoms with van der Waals surface area (Å²) in [7, 11) is 0. The number of Topliss-reactive ketones (excluding diaryl/α,β-unsaturated/α-hetero) is 1. The number of ether oxygens (including phenoxy) is 1. The largest absolute Gasteiger partial charge is 0.462 e. The van der Waals surface area contributed by atoms with Crippen molar-refractivity contribution in [2.75, 3.05) is 6.61 Å². The Morgan fingerprint density at radius 2 is 2.00 bits per heavy atom. The van der Waals surface area contributed by atoms with Crippen LogP contribution < -0.4 is 0 Å². The summed E-state index contributed by atoms with van der Waals surface area (Å²) in [5.41, 5.74) is 1.23. The van der Waals surface area contributed by atoms with Gasteiger partial charge in [0, 0.05) is 11.5 Å². The molecular weight excluding hydrogens is 240 g/mol. The lowest BCUT2D eigenvalue weighted by molar-refractivity contribution is -0.138. The predicted octanol–water partition coefficient (Wildman–Crippen LogP) is 2.93. The Hall–Kier alpha value is -2.16. The van der Waals surface area contributed by atoms with Crippen LogP contribution in [-0.2, 0) is 9.53 Å². The first-order chi connectivity index (χ1) is 9.22. The van der Waals surface area contributed by atoms with Crippen molar-refractivity contribution in [3.8, 4) is 0 Å². The van der Waals surface area contributed by atoms with Crippen molar-refractivity contribution in [2.45, 2.75) is 13.3 Å². The molecule has 0 aromatic heterocycles. The number of hydrogen-bond donors (Lipinski definition) is 0. The monoisotopic (exact) mass is 256 g/mol. The lowest BCUT2D eigenvalue weighted by Crippen LogP contribution is -2.16. The normalized spacial score (nSPS) is 17.7. The molecule has 19 heavy (non-hydrogen) atoms. The van der Waals surface area contributed by atoms with E-state index in [1.165, 1.54) is 0 Å². The van der Waals surface area contributed by atoms with E-state index in [1.807, 2.05) is 18.2 Å². The zero-order valence-corrected chi connectivity index (χ0v) is 10.8. The van der Waals surface area contributed by atoms with Crippen LogP contribution in [0.15, 0.2) is 54.1 Å². The molecule has 1 aliphatic rings. The minimum Gasteiger partial charge on any atom is -0.462 e. The van der Waals surface area contributed by atoms with Crippen LogP contribution in [0.1, 0.15) is 23.7 Å². The average molecular weight is 256 g/mol. The number of allylic oxidation sites excluding steroid dienone is 2. The van der Waals surface area contributed by atoms with Crippen molar-refractivity contribution in [1.29, 1.82) is 0 Å². The van der Waals surface area contributed by atoms with Crippen molar-refractivity contribution in [3.05, 3.63) is 59.7 Å². The maximum atomic E-state index is 12.2. The molecule has 0 spiro atoms. The first-order valence-corrected chi connectivity index (χ1v) is 6.37. The lowest BCUT2D eigenvalue weighted by Gasteiger charge is -2.14. The first kappa shape index (κ1) is 13.3. The van der Waals surface area contributed by atoms with Crippen LogP contribution in [0.25, 0.3) is 0 Å². The minimum atomic E-state index is -0.329. The van der Waals surface area contributed by atoms with Crippen molar-refractivity contribution in [3.63, 3.8) is 0 Å². The second kappa shape index (κ2) is 6.14. The van der Waals surface area contributed by atoms with Crippen LogP contribution in [0, 0.1) is 5.92 Å². The lowest BCUT2D eigenvalue weighted by atomic mass is 9.89. The summed E-state index contributed by atoms with van der Waals surface area (Å²) in [4.78, 5) is 23.7. The van der Waals surface area contributed by atoms with E-state index in [2.05, 4.69) is 0 Å². The number of carbonyl (C=O) groups excluding carboxylic acids is 2. The minimum absolute atomic E-state index is 0.0796. The highest BCUT2D eigenvalue weighted by Gasteiger charge is 2.20. The molecule has 0 bridgehead atoms. The smallest absolute Gasteiger partial charge is 0.337 e. The van der Waals surface area contributed by atoms with Gasteiger partial charge in [0.25, 0.3) is 0 Å². The van der Waals surface area contributed by atoms with Crippen molar-refractivity contribution >= 4 is 11.8 Å². The fourth-order valence-corrected chi connectivity index (χ4v) is 2.00. The zero-order valence-electron chi connectivity index (χ0n) is 10.8. The molecule has 0 amide bonds. The molecular formula is C16H16O3. The fourth-order valence-electron chi connectivity index (χ4n) is 2.00. The average Bonchev–Trinajstić information content (AvgIpc) is 2.48. The second-order valence-electron chi connectivity index (χ2n) is 4.31. The predicted molar refractivity (Wildman–Crippen MR) is 72.7 cm³/mol. The number of benzene rings is 1. The third kappa shape index (κ3) is 3.19. The maximum absolute atomic E-state index is 12.2. The topological polar surface area (TPSA) is 43.4 Å². The number of hydrogen-bond acceptors (Lipinski definition) is 3. The van der Waals surface area contributed by atoms with Gasteiger partial charge in [-0.05, 0) is 13.3 Å². The molecule has 1 aromatic rings. The summed E-state index contributed by atoms with van der Waals surface area (Å²) >= 11 is 0. The van der Waals surface area contributed by atoms with E-state index >= 15 is 0 Å². The van der Waals surface area contributed by atoms with Crippen LogP contribution in [0.5, 0.6) is 0 Å². The van der Waals surface area contributed by atoms with Crippen molar-refractivity contribution in [2.24, 2.45) is 5.92 Å². The molecule has 0 aliphatic heterocycles.